The van der Waals surface area contributed by atoms with Crippen LogP contribution in [0.2, 0.25) is 0 Å². The van der Waals surface area contributed by atoms with Crippen LogP contribution < -0.4 is 10.1 Å². The van der Waals surface area contributed by atoms with E-state index >= 15 is 0 Å². The normalized spacial score (nSPS) is 10.4. The van der Waals surface area contributed by atoms with Gasteiger partial charge in [-0.3, -0.25) is 4.79 Å². The number of anilines is 1. The first-order valence-corrected chi connectivity index (χ1v) is 7.43. The fraction of sp³-hybridized carbons (Fsp3) is 0.176. The van der Waals surface area contributed by atoms with Gasteiger partial charge >= 0.3 is 0 Å². The molecule has 122 valence electrons. The molecule has 0 aliphatic rings. The van der Waals surface area contributed by atoms with Crippen LogP contribution in [-0.4, -0.2) is 33.2 Å². The average molecular weight is 323 g/mol. The van der Waals surface area contributed by atoms with Crippen LogP contribution in [0.25, 0.3) is 5.69 Å². The van der Waals surface area contributed by atoms with Crippen molar-refractivity contribution in [1.82, 2.24) is 20.2 Å². The summed E-state index contributed by atoms with van der Waals surface area (Å²) in [6, 6.07) is 13.1. The molecule has 1 N–H and O–H groups in total. The van der Waals surface area contributed by atoms with Gasteiger partial charge in [0.2, 0.25) is 5.91 Å². The zero-order valence-electron chi connectivity index (χ0n) is 13.4. The van der Waals surface area contributed by atoms with E-state index < -0.39 is 0 Å². The maximum absolute atomic E-state index is 12.3. The number of ether oxygens (including phenoxy) is 1. The number of para-hydroxylation sites is 1. The molecule has 0 aliphatic heterocycles. The summed E-state index contributed by atoms with van der Waals surface area (Å²) < 4.78 is 6.85. The Morgan fingerprint density at radius 2 is 2.08 bits per heavy atom. The molecule has 1 amide bonds. The highest BCUT2D eigenvalue weighted by atomic mass is 16.5. The first kappa shape index (κ1) is 15.7. The summed E-state index contributed by atoms with van der Waals surface area (Å²) in [5.41, 5.74) is 3.39. The molecule has 7 heteroatoms. The third-order valence-electron chi connectivity index (χ3n) is 3.62. The second kappa shape index (κ2) is 6.91. The molecule has 0 spiro atoms. The molecule has 2 aromatic carbocycles. The van der Waals surface area contributed by atoms with Crippen LogP contribution in [0.1, 0.15) is 11.1 Å². The topological polar surface area (TPSA) is 81.9 Å². The number of rotatable bonds is 5. The molecule has 0 radical (unpaired) electrons. The van der Waals surface area contributed by atoms with Crippen molar-refractivity contribution >= 4 is 11.6 Å². The molecule has 3 rings (SSSR count). The van der Waals surface area contributed by atoms with Crippen LogP contribution in [-0.2, 0) is 11.2 Å². The first-order chi connectivity index (χ1) is 11.7. The summed E-state index contributed by atoms with van der Waals surface area (Å²) in [7, 11) is 1.60. The number of hydrogen-bond acceptors (Lipinski definition) is 5. The lowest BCUT2D eigenvalue weighted by Crippen LogP contribution is -2.15. The monoisotopic (exact) mass is 323 g/mol. The molecule has 0 bridgehead atoms. The molecule has 0 aliphatic carbocycles. The van der Waals surface area contributed by atoms with Gasteiger partial charge in [0.1, 0.15) is 12.1 Å². The van der Waals surface area contributed by atoms with Gasteiger partial charge in [-0.05, 0) is 47.2 Å². The maximum atomic E-state index is 12.3. The Morgan fingerprint density at radius 1 is 1.25 bits per heavy atom. The Kier molecular flexibility index (Phi) is 4.51. The molecular formula is C17H17N5O2. The molecule has 1 aromatic heterocycles. The summed E-state index contributed by atoms with van der Waals surface area (Å²) in [6.07, 6.45) is 1.78. The lowest BCUT2D eigenvalue weighted by Gasteiger charge is -2.11. The molecule has 0 unspecified atom stereocenters. The zero-order valence-corrected chi connectivity index (χ0v) is 13.4. The number of nitrogens with zero attached hydrogens (tertiary/aromatic N) is 4. The van der Waals surface area contributed by atoms with E-state index in [1.807, 2.05) is 49.4 Å². The minimum absolute atomic E-state index is 0.103. The molecule has 0 atom stereocenters. The quantitative estimate of drug-likeness (QED) is 0.778. The molecule has 0 fully saturated rings. The van der Waals surface area contributed by atoms with Gasteiger partial charge in [0, 0.05) is 11.3 Å². The number of tetrazole rings is 1. The Bertz CT molecular complexity index is 846. The van der Waals surface area contributed by atoms with E-state index in [1.54, 1.807) is 11.8 Å². The number of carbonyl (C=O) groups excluding carboxylic acids is 1. The minimum atomic E-state index is -0.103. The smallest absolute Gasteiger partial charge is 0.228 e. The molecule has 0 saturated heterocycles. The molecule has 24 heavy (non-hydrogen) atoms. The summed E-state index contributed by atoms with van der Waals surface area (Å²) in [5, 5.41) is 14.0. The predicted octanol–water partition coefficient (Wildman–Crippen LogP) is 2.16. The average Bonchev–Trinajstić information content (AvgIpc) is 3.09. The summed E-state index contributed by atoms with van der Waals surface area (Å²) >= 11 is 0. The van der Waals surface area contributed by atoms with Crippen molar-refractivity contribution in [2.75, 3.05) is 12.4 Å². The van der Waals surface area contributed by atoms with Gasteiger partial charge in [0.05, 0.1) is 19.2 Å². The molecule has 3 aromatic rings. The minimum Gasteiger partial charge on any atom is -0.496 e. The van der Waals surface area contributed by atoms with Crippen LogP contribution in [0.15, 0.2) is 48.8 Å². The Hall–Kier alpha value is -3.22. The summed E-state index contributed by atoms with van der Waals surface area (Å²) in [5.74, 6) is 0.604. The Morgan fingerprint density at radius 3 is 2.79 bits per heavy atom. The van der Waals surface area contributed by atoms with Crippen molar-refractivity contribution in [3.8, 4) is 11.4 Å². The van der Waals surface area contributed by atoms with E-state index in [-0.39, 0.29) is 12.3 Å². The number of carbonyl (C=O) groups is 1. The van der Waals surface area contributed by atoms with E-state index in [4.69, 9.17) is 4.74 Å². The zero-order chi connectivity index (χ0) is 16.9. The van der Waals surface area contributed by atoms with Crippen LogP contribution in [0.5, 0.6) is 5.75 Å². The fourth-order valence-corrected chi connectivity index (χ4v) is 2.49. The Labute approximate surface area is 139 Å². The molecular weight excluding hydrogens is 306 g/mol. The van der Waals surface area contributed by atoms with Crippen molar-refractivity contribution < 1.29 is 9.53 Å². The fourth-order valence-electron chi connectivity index (χ4n) is 2.49. The highest BCUT2D eigenvalue weighted by Gasteiger charge is 2.10. The highest BCUT2D eigenvalue weighted by Crippen LogP contribution is 2.20. The molecule has 1 heterocycles. The highest BCUT2D eigenvalue weighted by molar-refractivity contribution is 5.92. The van der Waals surface area contributed by atoms with Crippen molar-refractivity contribution in [3.05, 3.63) is 59.9 Å². The predicted molar refractivity (Wildman–Crippen MR) is 89.2 cm³/mol. The van der Waals surface area contributed by atoms with Crippen LogP contribution >= 0.6 is 0 Å². The van der Waals surface area contributed by atoms with Crippen molar-refractivity contribution in [2.24, 2.45) is 0 Å². The first-order valence-electron chi connectivity index (χ1n) is 7.43. The van der Waals surface area contributed by atoms with Crippen LogP contribution in [0.4, 0.5) is 5.69 Å². The van der Waals surface area contributed by atoms with E-state index in [0.717, 1.165) is 22.5 Å². The standard InChI is InChI=1S/C17H17N5O2/c1-12-9-14(7-8-15(12)22-11-18-20-21-22)19-17(23)10-13-5-3-4-6-16(13)24-2/h3-9,11H,10H2,1-2H3,(H,19,23). The third kappa shape index (κ3) is 3.40. The number of amides is 1. The Balaban J connectivity index is 1.72. The van der Waals surface area contributed by atoms with E-state index in [1.165, 1.54) is 6.33 Å². The number of aryl methyl sites for hydroxylation is 1. The lowest BCUT2D eigenvalue weighted by atomic mass is 10.1. The molecule has 0 saturated carbocycles. The molecule has 7 nitrogen and oxygen atoms in total. The van der Waals surface area contributed by atoms with Crippen LogP contribution in [0, 0.1) is 6.92 Å². The van der Waals surface area contributed by atoms with Gasteiger partial charge in [-0.2, -0.15) is 0 Å². The van der Waals surface area contributed by atoms with E-state index in [2.05, 4.69) is 20.8 Å². The second-order valence-corrected chi connectivity index (χ2v) is 5.29. The van der Waals surface area contributed by atoms with Gasteiger partial charge in [0.15, 0.2) is 0 Å². The van der Waals surface area contributed by atoms with Gasteiger partial charge in [-0.1, -0.05) is 18.2 Å². The lowest BCUT2D eigenvalue weighted by molar-refractivity contribution is -0.115. The number of methoxy groups -OCH3 is 1. The number of aromatic nitrogens is 4. The van der Waals surface area contributed by atoms with E-state index in [0.29, 0.717) is 5.75 Å². The van der Waals surface area contributed by atoms with Gasteiger partial charge < -0.3 is 10.1 Å². The number of hydrogen-bond donors (Lipinski definition) is 1. The summed E-state index contributed by atoms with van der Waals surface area (Å²) in [6.45, 7) is 1.94. The van der Waals surface area contributed by atoms with Gasteiger partial charge in [0.25, 0.3) is 0 Å². The SMILES string of the molecule is COc1ccccc1CC(=O)Nc1ccc(-n2cnnn2)c(C)c1. The largest absolute Gasteiger partial charge is 0.496 e. The van der Waals surface area contributed by atoms with E-state index in [9.17, 15) is 4.79 Å². The van der Waals surface area contributed by atoms with Crippen molar-refractivity contribution in [1.29, 1.82) is 0 Å². The maximum Gasteiger partial charge on any atom is 0.228 e. The second-order valence-electron chi connectivity index (χ2n) is 5.29. The summed E-state index contributed by atoms with van der Waals surface area (Å²) in [4.78, 5) is 12.3. The van der Waals surface area contributed by atoms with Gasteiger partial charge in [-0.15, -0.1) is 5.10 Å². The number of benzene rings is 2. The van der Waals surface area contributed by atoms with Crippen molar-refractivity contribution in [2.45, 2.75) is 13.3 Å². The van der Waals surface area contributed by atoms with Gasteiger partial charge in [-0.25, -0.2) is 4.68 Å². The van der Waals surface area contributed by atoms with Crippen LogP contribution in [0.3, 0.4) is 0 Å². The third-order valence-corrected chi connectivity index (χ3v) is 3.62. The van der Waals surface area contributed by atoms with Crippen molar-refractivity contribution in [3.63, 3.8) is 0 Å². The number of nitrogens with one attached hydrogen (secondary N) is 1.